The van der Waals surface area contributed by atoms with Crippen LogP contribution in [-0.4, -0.2) is 55.1 Å². The monoisotopic (exact) mass is 480 g/mol. The fraction of sp³-hybridized carbons (Fsp3) is 0.444. The number of ether oxygens (including phenoxy) is 1. The lowest BCUT2D eigenvalue weighted by Crippen LogP contribution is -2.39. The summed E-state index contributed by atoms with van der Waals surface area (Å²) in [7, 11) is 5.77. The molecule has 0 bridgehead atoms. The zero-order valence-corrected chi connectivity index (χ0v) is 21.9. The van der Waals surface area contributed by atoms with Crippen LogP contribution in [0.1, 0.15) is 54.2 Å². The van der Waals surface area contributed by atoms with Gasteiger partial charge in [-0.3, -0.25) is 4.79 Å². The highest BCUT2D eigenvalue weighted by Gasteiger charge is 2.21. The van der Waals surface area contributed by atoms with Crippen molar-refractivity contribution in [2.24, 2.45) is 5.41 Å². The number of thiophene rings is 1. The van der Waals surface area contributed by atoms with E-state index in [9.17, 15) is 4.79 Å². The molecule has 34 heavy (non-hydrogen) atoms. The summed E-state index contributed by atoms with van der Waals surface area (Å²) in [6.07, 6.45) is 3.72. The molecular formula is C27H36N4O2S. The van der Waals surface area contributed by atoms with Crippen molar-refractivity contribution < 1.29 is 9.53 Å². The molecule has 2 aromatic heterocycles. The number of aryl methyl sites for hydroxylation is 1. The van der Waals surface area contributed by atoms with E-state index in [-0.39, 0.29) is 17.2 Å². The lowest BCUT2D eigenvalue weighted by atomic mass is 9.93. The molecule has 0 aliphatic heterocycles. The third kappa shape index (κ3) is 7.37. The summed E-state index contributed by atoms with van der Waals surface area (Å²) in [6, 6.07) is 13.9. The number of carbonyl (C=O) groups excluding carboxylic acids is 1. The summed E-state index contributed by atoms with van der Waals surface area (Å²) in [5.74, 6) is 1.89. The fourth-order valence-electron chi connectivity index (χ4n) is 3.97. The molecule has 3 aromatic rings. The van der Waals surface area contributed by atoms with Crippen LogP contribution < -0.4 is 10.1 Å². The molecule has 1 aromatic carbocycles. The number of aromatic nitrogens is 2. The number of benzene rings is 1. The van der Waals surface area contributed by atoms with Gasteiger partial charge in [-0.1, -0.05) is 32.9 Å². The van der Waals surface area contributed by atoms with E-state index >= 15 is 0 Å². The molecule has 182 valence electrons. The topological polar surface area (TPSA) is 67.3 Å². The second-order valence-corrected chi connectivity index (χ2v) is 10.9. The Labute approximate surface area is 207 Å². The molecule has 1 N–H and O–H groups in total. The molecular weight excluding hydrogens is 444 g/mol. The first-order chi connectivity index (χ1) is 16.2. The van der Waals surface area contributed by atoms with Crippen LogP contribution in [0.3, 0.4) is 0 Å². The Kier molecular flexibility index (Phi) is 8.80. The van der Waals surface area contributed by atoms with Crippen LogP contribution in [0.15, 0.2) is 48.7 Å². The molecule has 1 amide bonds. The van der Waals surface area contributed by atoms with Gasteiger partial charge in [-0.2, -0.15) is 0 Å². The minimum absolute atomic E-state index is 0.00274. The van der Waals surface area contributed by atoms with Crippen LogP contribution in [0.4, 0.5) is 0 Å². The zero-order valence-electron chi connectivity index (χ0n) is 21.1. The van der Waals surface area contributed by atoms with Gasteiger partial charge in [0.2, 0.25) is 0 Å². The Bertz CT molecular complexity index is 1080. The van der Waals surface area contributed by atoms with Gasteiger partial charge in [0.1, 0.15) is 11.6 Å². The summed E-state index contributed by atoms with van der Waals surface area (Å²) in [6.45, 7) is 8.01. The predicted octanol–water partition coefficient (Wildman–Crippen LogP) is 5.27. The second-order valence-electron chi connectivity index (χ2n) is 9.84. The van der Waals surface area contributed by atoms with E-state index in [1.165, 1.54) is 16.9 Å². The average molecular weight is 481 g/mol. The van der Waals surface area contributed by atoms with Crippen LogP contribution in [0.25, 0.3) is 10.6 Å². The van der Waals surface area contributed by atoms with Crippen molar-refractivity contribution in [2.75, 3.05) is 34.3 Å². The van der Waals surface area contributed by atoms with Gasteiger partial charge >= 0.3 is 0 Å². The molecule has 3 rings (SSSR count). The third-order valence-corrected chi connectivity index (χ3v) is 6.80. The van der Waals surface area contributed by atoms with Crippen molar-refractivity contribution in [3.8, 4) is 16.3 Å². The summed E-state index contributed by atoms with van der Waals surface area (Å²) in [5, 5.41) is 3.08. The molecule has 0 saturated carbocycles. The summed E-state index contributed by atoms with van der Waals surface area (Å²) in [4.78, 5) is 25.8. The lowest BCUT2D eigenvalue weighted by Gasteiger charge is -2.28. The maximum absolute atomic E-state index is 12.7. The minimum atomic E-state index is -0.0368. The zero-order chi connectivity index (χ0) is 24.7. The predicted molar refractivity (Wildman–Crippen MR) is 140 cm³/mol. The normalized spacial score (nSPS) is 12.6. The number of amides is 1. The van der Waals surface area contributed by atoms with Crippen LogP contribution in [0.2, 0.25) is 0 Å². The summed E-state index contributed by atoms with van der Waals surface area (Å²) < 4.78 is 5.23. The van der Waals surface area contributed by atoms with Gasteiger partial charge in [0.05, 0.1) is 22.6 Å². The van der Waals surface area contributed by atoms with Crippen LogP contribution >= 0.6 is 11.3 Å². The van der Waals surface area contributed by atoms with Gasteiger partial charge < -0.3 is 15.0 Å². The molecule has 0 aliphatic carbocycles. The first-order valence-corrected chi connectivity index (χ1v) is 12.5. The number of methoxy groups -OCH3 is 1. The van der Waals surface area contributed by atoms with Gasteiger partial charge in [-0.25, -0.2) is 9.97 Å². The van der Waals surface area contributed by atoms with E-state index in [0.29, 0.717) is 11.4 Å². The van der Waals surface area contributed by atoms with E-state index in [1.54, 1.807) is 7.11 Å². The first-order valence-electron chi connectivity index (χ1n) is 11.7. The average Bonchev–Trinajstić information content (AvgIpc) is 3.31. The number of hydrogen-bond donors (Lipinski definition) is 1. The van der Waals surface area contributed by atoms with E-state index in [0.717, 1.165) is 41.5 Å². The Morgan fingerprint density at radius 2 is 1.88 bits per heavy atom. The van der Waals surface area contributed by atoms with Crippen molar-refractivity contribution in [3.63, 3.8) is 0 Å². The van der Waals surface area contributed by atoms with Crippen LogP contribution in [0, 0.1) is 5.41 Å². The quantitative estimate of drug-likeness (QED) is 0.405. The highest BCUT2D eigenvalue weighted by atomic mass is 32.1. The van der Waals surface area contributed by atoms with E-state index < -0.39 is 0 Å². The Hall–Kier alpha value is -2.77. The molecule has 7 heteroatoms. The van der Waals surface area contributed by atoms with Gasteiger partial charge in [0.15, 0.2) is 0 Å². The van der Waals surface area contributed by atoms with Gasteiger partial charge in [0.25, 0.3) is 5.91 Å². The van der Waals surface area contributed by atoms with Crippen molar-refractivity contribution in [3.05, 3.63) is 64.9 Å². The Morgan fingerprint density at radius 1 is 1.15 bits per heavy atom. The molecule has 1 unspecified atom stereocenters. The number of carbonyl (C=O) groups is 1. The molecule has 0 aliphatic rings. The fourth-order valence-corrected chi connectivity index (χ4v) is 4.86. The van der Waals surface area contributed by atoms with Crippen molar-refractivity contribution in [1.82, 2.24) is 20.2 Å². The molecule has 0 saturated heterocycles. The van der Waals surface area contributed by atoms with Crippen LogP contribution in [0.5, 0.6) is 5.75 Å². The SMILES string of the molecule is COc1ccc(CCC(C)c2nccc(-c3ccc(C(=O)NCC(C)(C)CN(C)C)s3)n2)cc1. The number of nitrogens with one attached hydrogen (secondary N) is 1. The molecule has 0 fully saturated rings. The largest absolute Gasteiger partial charge is 0.497 e. The molecule has 2 heterocycles. The standard InChI is InChI=1S/C27H36N4O2S/c1-19(7-8-20-9-11-21(33-6)12-10-20)25-28-16-15-22(30-25)23-13-14-24(34-23)26(32)29-17-27(2,3)18-31(4)5/h9-16,19H,7-8,17-18H2,1-6H3,(H,29,32). The maximum Gasteiger partial charge on any atom is 0.261 e. The first kappa shape index (κ1) is 25.8. The Balaban J connectivity index is 1.61. The number of hydrogen-bond acceptors (Lipinski definition) is 6. The lowest BCUT2D eigenvalue weighted by molar-refractivity contribution is 0.0933. The van der Waals surface area contributed by atoms with Gasteiger partial charge in [-0.05, 0) is 68.2 Å². The highest BCUT2D eigenvalue weighted by Crippen LogP contribution is 2.28. The van der Waals surface area contributed by atoms with Crippen LogP contribution in [-0.2, 0) is 6.42 Å². The molecule has 6 nitrogen and oxygen atoms in total. The van der Waals surface area contributed by atoms with Crippen molar-refractivity contribution in [1.29, 1.82) is 0 Å². The molecule has 1 atom stereocenters. The number of nitrogens with zero attached hydrogens (tertiary/aromatic N) is 3. The van der Waals surface area contributed by atoms with Gasteiger partial charge in [0, 0.05) is 25.2 Å². The maximum atomic E-state index is 12.7. The summed E-state index contributed by atoms with van der Waals surface area (Å²) >= 11 is 1.47. The third-order valence-electron chi connectivity index (χ3n) is 5.69. The minimum Gasteiger partial charge on any atom is -0.497 e. The highest BCUT2D eigenvalue weighted by molar-refractivity contribution is 7.17. The van der Waals surface area contributed by atoms with Crippen molar-refractivity contribution >= 4 is 17.2 Å². The van der Waals surface area contributed by atoms with Crippen molar-refractivity contribution in [2.45, 2.75) is 39.5 Å². The van der Waals surface area contributed by atoms with E-state index in [2.05, 4.69) is 48.1 Å². The molecule has 0 spiro atoms. The van der Waals surface area contributed by atoms with E-state index in [4.69, 9.17) is 9.72 Å². The van der Waals surface area contributed by atoms with Gasteiger partial charge in [-0.15, -0.1) is 11.3 Å². The van der Waals surface area contributed by atoms with E-state index in [1.807, 2.05) is 50.6 Å². The smallest absolute Gasteiger partial charge is 0.261 e. The number of rotatable bonds is 11. The Morgan fingerprint density at radius 3 is 2.56 bits per heavy atom. The molecule has 0 radical (unpaired) electrons. The second kappa shape index (κ2) is 11.6. The summed E-state index contributed by atoms with van der Waals surface area (Å²) in [5.41, 5.74) is 2.13.